The van der Waals surface area contributed by atoms with Crippen LogP contribution in [0.1, 0.15) is 23.0 Å². The van der Waals surface area contributed by atoms with Crippen molar-refractivity contribution in [3.63, 3.8) is 0 Å². The molecule has 0 amide bonds. The van der Waals surface area contributed by atoms with Crippen LogP contribution in [0.3, 0.4) is 0 Å². The Labute approximate surface area is 129 Å². The summed E-state index contributed by atoms with van der Waals surface area (Å²) in [5, 5.41) is 13.8. The van der Waals surface area contributed by atoms with Crippen molar-refractivity contribution in [3.8, 4) is 11.5 Å². The molecule has 0 bridgehead atoms. The van der Waals surface area contributed by atoms with Crippen LogP contribution in [0, 0.1) is 0 Å². The molecule has 2 N–H and O–H groups in total. The van der Waals surface area contributed by atoms with Gasteiger partial charge in [-0.25, -0.2) is 0 Å². The Balaban J connectivity index is 2.19. The fourth-order valence-electron chi connectivity index (χ4n) is 3.03. The summed E-state index contributed by atoms with van der Waals surface area (Å²) in [5.41, 5.74) is 2.07. The Hall–Kier alpha value is -1.55. The van der Waals surface area contributed by atoms with Gasteiger partial charge in [0.25, 0.3) is 0 Å². The summed E-state index contributed by atoms with van der Waals surface area (Å²) in [6, 6.07) is 13.6. The van der Waals surface area contributed by atoms with Gasteiger partial charge in [-0.15, -0.1) is 0 Å². The highest BCUT2D eigenvalue weighted by Crippen LogP contribution is 2.46. The zero-order valence-corrected chi connectivity index (χ0v) is 12.6. The maximum absolute atomic E-state index is 9.95. The first-order valence-electron chi connectivity index (χ1n) is 7.06. The number of hydrogen-bond donors (Lipinski definition) is 2. The summed E-state index contributed by atoms with van der Waals surface area (Å²) in [7, 11) is 1.92. The lowest BCUT2D eigenvalue weighted by atomic mass is 9.82. The van der Waals surface area contributed by atoms with E-state index in [4.69, 9.17) is 16.3 Å². The van der Waals surface area contributed by atoms with Crippen molar-refractivity contribution < 1.29 is 9.84 Å². The first kappa shape index (κ1) is 14.4. The topological polar surface area (TPSA) is 41.5 Å². The summed E-state index contributed by atoms with van der Waals surface area (Å²) in [6.45, 7) is 0.814. The molecule has 0 aromatic heterocycles. The second-order valence-electron chi connectivity index (χ2n) is 5.28. The minimum Gasteiger partial charge on any atom is -0.457 e. The zero-order valence-electron chi connectivity index (χ0n) is 11.8. The number of para-hydroxylation sites is 1. The molecule has 2 aromatic carbocycles. The van der Waals surface area contributed by atoms with Crippen LogP contribution in [0.2, 0.25) is 5.02 Å². The summed E-state index contributed by atoms with van der Waals surface area (Å²) < 4.78 is 6.07. The molecule has 0 unspecified atom stereocenters. The summed E-state index contributed by atoms with van der Waals surface area (Å²) in [4.78, 5) is 0. The van der Waals surface area contributed by atoms with Crippen LogP contribution in [0.5, 0.6) is 11.5 Å². The second-order valence-corrected chi connectivity index (χ2v) is 5.71. The van der Waals surface area contributed by atoms with E-state index in [1.165, 1.54) is 0 Å². The number of likely N-dealkylation sites (N-methyl/N-ethyl adjacent to an activating group) is 1. The molecule has 1 aliphatic heterocycles. The molecule has 21 heavy (non-hydrogen) atoms. The van der Waals surface area contributed by atoms with Crippen molar-refractivity contribution >= 4 is 11.6 Å². The highest BCUT2D eigenvalue weighted by Gasteiger charge is 2.31. The average Bonchev–Trinajstić information content (AvgIpc) is 2.62. The van der Waals surface area contributed by atoms with Gasteiger partial charge in [-0.3, -0.25) is 0 Å². The van der Waals surface area contributed by atoms with E-state index in [2.05, 4.69) is 11.4 Å². The van der Waals surface area contributed by atoms with E-state index in [-0.39, 0.29) is 18.4 Å². The Morgan fingerprint density at radius 3 is 2.62 bits per heavy atom. The van der Waals surface area contributed by atoms with Crippen LogP contribution >= 0.6 is 11.6 Å². The molecule has 0 spiro atoms. The third-order valence-electron chi connectivity index (χ3n) is 4.02. The molecule has 0 radical (unpaired) electrons. The monoisotopic (exact) mass is 303 g/mol. The Bertz CT molecular complexity index is 644. The molecule has 2 atom stereocenters. The van der Waals surface area contributed by atoms with Gasteiger partial charge >= 0.3 is 0 Å². The van der Waals surface area contributed by atoms with Crippen molar-refractivity contribution in [2.24, 2.45) is 0 Å². The first-order valence-corrected chi connectivity index (χ1v) is 7.44. The van der Waals surface area contributed by atoms with E-state index in [1.807, 2.05) is 43.4 Å². The van der Waals surface area contributed by atoms with Crippen LogP contribution in [0.25, 0.3) is 0 Å². The van der Waals surface area contributed by atoms with Gasteiger partial charge in [0, 0.05) is 29.0 Å². The highest BCUT2D eigenvalue weighted by molar-refractivity contribution is 6.30. The first-order chi connectivity index (χ1) is 10.2. The van der Waals surface area contributed by atoms with E-state index in [9.17, 15) is 5.11 Å². The summed E-state index contributed by atoms with van der Waals surface area (Å²) in [5.74, 6) is 1.70. The molecule has 2 aromatic rings. The van der Waals surface area contributed by atoms with Crippen LogP contribution < -0.4 is 10.1 Å². The number of halogens is 1. The second kappa shape index (κ2) is 6.06. The van der Waals surface area contributed by atoms with Crippen molar-refractivity contribution in [1.82, 2.24) is 5.32 Å². The average molecular weight is 304 g/mol. The summed E-state index contributed by atoms with van der Waals surface area (Å²) >= 11 is 6.14. The predicted molar refractivity (Wildman–Crippen MR) is 84.5 cm³/mol. The maximum atomic E-state index is 9.95. The normalized spacial score (nSPS) is 20.1. The molecule has 3 rings (SSSR count). The van der Waals surface area contributed by atoms with Gasteiger partial charge in [-0.1, -0.05) is 29.8 Å². The third-order valence-corrected chi connectivity index (χ3v) is 4.25. The fraction of sp³-hybridized carbons (Fsp3) is 0.294. The molecular weight excluding hydrogens is 286 g/mol. The minimum atomic E-state index is -0.0465. The van der Waals surface area contributed by atoms with E-state index < -0.39 is 0 Å². The van der Waals surface area contributed by atoms with Crippen LogP contribution in [0.15, 0.2) is 42.5 Å². The van der Waals surface area contributed by atoms with Crippen LogP contribution in [0.4, 0.5) is 0 Å². The van der Waals surface area contributed by atoms with Crippen LogP contribution in [-0.2, 0) is 0 Å². The Kier molecular flexibility index (Phi) is 4.15. The van der Waals surface area contributed by atoms with E-state index >= 15 is 0 Å². The molecule has 1 aliphatic rings. The van der Waals surface area contributed by atoms with Gasteiger partial charge in [-0.2, -0.15) is 0 Å². The van der Waals surface area contributed by atoms with Crippen LogP contribution in [-0.4, -0.2) is 25.3 Å². The molecule has 3 nitrogen and oxygen atoms in total. The van der Waals surface area contributed by atoms with E-state index in [0.717, 1.165) is 29.2 Å². The smallest absolute Gasteiger partial charge is 0.131 e. The molecule has 0 saturated carbocycles. The van der Waals surface area contributed by atoms with E-state index in [0.29, 0.717) is 5.02 Å². The minimum absolute atomic E-state index is 0.0465. The lowest BCUT2D eigenvalue weighted by molar-refractivity contribution is 0.247. The molecular formula is C17H18ClNO2. The predicted octanol–water partition coefficient (Wildman–Crippen LogP) is 3.52. The highest BCUT2D eigenvalue weighted by atomic mass is 35.5. The van der Waals surface area contributed by atoms with Crippen molar-refractivity contribution in [2.75, 3.05) is 20.2 Å². The lowest BCUT2D eigenvalue weighted by Gasteiger charge is -2.25. The maximum Gasteiger partial charge on any atom is 0.131 e. The standard InChI is InChI=1S/C17H18ClNO2/c1-19-9-14-12-4-2-3-5-16(12)21-17-7-6-11(18)8-13(17)15(14)10-20/h2-8,14-15,19-20H,9-10H2,1H3/t14-,15-/m1/s1. The fourth-order valence-corrected chi connectivity index (χ4v) is 3.21. The largest absolute Gasteiger partial charge is 0.457 e. The van der Waals surface area contributed by atoms with Crippen molar-refractivity contribution in [1.29, 1.82) is 0 Å². The molecule has 0 fully saturated rings. The number of rotatable bonds is 3. The molecule has 4 heteroatoms. The van der Waals surface area contributed by atoms with E-state index in [1.54, 1.807) is 0 Å². The van der Waals surface area contributed by atoms with Gasteiger partial charge in [0.2, 0.25) is 0 Å². The quantitative estimate of drug-likeness (QED) is 0.911. The number of fused-ring (bicyclic) bond motifs is 2. The Morgan fingerprint density at radius 2 is 1.86 bits per heavy atom. The van der Waals surface area contributed by atoms with Crippen molar-refractivity contribution in [3.05, 3.63) is 58.6 Å². The zero-order chi connectivity index (χ0) is 14.8. The SMILES string of the molecule is CNC[C@@H]1c2ccccc2Oc2ccc(Cl)cc2[C@H]1CO. The number of nitrogens with one attached hydrogen (secondary N) is 1. The number of ether oxygens (including phenoxy) is 1. The van der Waals surface area contributed by atoms with Crippen molar-refractivity contribution in [2.45, 2.75) is 11.8 Å². The van der Waals surface area contributed by atoms with Gasteiger partial charge in [0.15, 0.2) is 0 Å². The Morgan fingerprint density at radius 1 is 1.10 bits per heavy atom. The van der Waals surface area contributed by atoms with Gasteiger partial charge in [0.1, 0.15) is 11.5 Å². The van der Waals surface area contributed by atoms with Gasteiger partial charge < -0.3 is 15.2 Å². The molecule has 110 valence electrons. The number of aliphatic hydroxyl groups is 1. The number of aliphatic hydroxyl groups excluding tert-OH is 1. The third kappa shape index (κ3) is 2.64. The number of benzene rings is 2. The molecule has 0 saturated heterocycles. The molecule has 1 heterocycles. The summed E-state index contributed by atoms with van der Waals surface area (Å²) in [6.07, 6.45) is 0. The molecule has 0 aliphatic carbocycles. The lowest BCUT2D eigenvalue weighted by Crippen LogP contribution is -2.24. The van der Waals surface area contributed by atoms with Gasteiger partial charge in [0.05, 0.1) is 6.61 Å². The van der Waals surface area contributed by atoms with Gasteiger partial charge in [-0.05, 0) is 36.9 Å². The number of hydrogen-bond acceptors (Lipinski definition) is 3.